The third kappa shape index (κ3) is 4.45. The lowest BCUT2D eigenvalue weighted by atomic mass is 10.1. The predicted molar refractivity (Wildman–Crippen MR) is 56.3 cm³/mol. The van der Waals surface area contributed by atoms with E-state index in [0.717, 1.165) is 12.2 Å². The van der Waals surface area contributed by atoms with Crippen LogP contribution in [-0.2, 0) is 4.74 Å². The number of hydrogen-bond acceptors (Lipinski definition) is 1. The summed E-state index contributed by atoms with van der Waals surface area (Å²) in [7, 11) is 0. The molecule has 0 aromatic heterocycles. The van der Waals surface area contributed by atoms with Gasteiger partial charge in [0.05, 0.1) is 12.4 Å². The van der Waals surface area contributed by atoms with Crippen molar-refractivity contribution in [3.63, 3.8) is 0 Å². The van der Waals surface area contributed by atoms with E-state index in [9.17, 15) is 4.39 Å². The van der Waals surface area contributed by atoms with E-state index in [1.165, 1.54) is 25.3 Å². The normalized spacial score (nSPS) is 16.9. The Labute approximate surface area is 85.6 Å². The molecule has 2 heteroatoms. The van der Waals surface area contributed by atoms with Gasteiger partial charge >= 0.3 is 0 Å². The van der Waals surface area contributed by atoms with Crippen LogP contribution in [0.2, 0.25) is 0 Å². The maximum atomic E-state index is 12.8. The van der Waals surface area contributed by atoms with E-state index in [1.54, 1.807) is 6.08 Å². The smallest absolute Gasteiger partial charge is 0.174 e. The molecule has 0 unspecified atom stereocenters. The lowest BCUT2D eigenvalue weighted by molar-refractivity contribution is 0.192. The molecule has 0 saturated carbocycles. The summed E-state index contributed by atoms with van der Waals surface area (Å²) >= 11 is 0. The van der Waals surface area contributed by atoms with Crippen LogP contribution in [0.15, 0.2) is 24.0 Å². The van der Waals surface area contributed by atoms with Crippen molar-refractivity contribution in [1.29, 1.82) is 0 Å². The Balaban J connectivity index is 2.06. The highest BCUT2D eigenvalue weighted by Gasteiger charge is 2.11. The average molecular weight is 197 g/mol. The molecule has 1 aliphatic rings. The van der Waals surface area contributed by atoms with Crippen molar-refractivity contribution in [1.82, 2.24) is 0 Å². The van der Waals surface area contributed by atoms with Crippen molar-refractivity contribution in [2.24, 2.45) is 0 Å². The Kier molecular flexibility index (Phi) is 5.35. The number of halogens is 1. The third-order valence-corrected chi connectivity index (χ3v) is 2.19. The van der Waals surface area contributed by atoms with E-state index in [-0.39, 0.29) is 6.17 Å². The van der Waals surface area contributed by atoms with E-state index >= 15 is 0 Å². The number of ether oxygens (including phenoxy) is 1. The van der Waals surface area contributed by atoms with Crippen LogP contribution >= 0.6 is 0 Å². The fourth-order valence-electron chi connectivity index (χ4n) is 1.38. The van der Waals surface area contributed by atoms with Crippen LogP contribution in [-0.4, -0.2) is 6.61 Å². The molecule has 0 heterocycles. The molecule has 0 N–H and O–H groups in total. The van der Waals surface area contributed by atoms with Crippen LogP contribution in [0.3, 0.4) is 0 Å². The van der Waals surface area contributed by atoms with Crippen LogP contribution in [0, 0.1) is 6.17 Å². The Morgan fingerprint density at radius 3 is 2.93 bits per heavy atom. The molecule has 0 fully saturated rings. The first-order valence-electron chi connectivity index (χ1n) is 5.34. The summed E-state index contributed by atoms with van der Waals surface area (Å²) in [6, 6.07) is 0. The summed E-state index contributed by atoms with van der Waals surface area (Å²) in [5, 5.41) is 0. The van der Waals surface area contributed by atoms with Gasteiger partial charge in [-0.15, -0.1) is 0 Å². The number of allylic oxidation sites excluding steroid dienone is 4. The molecule has 0 bridgehead atoms. The number of hydrogen-bond donors (Lipinski definition) is 0. The molecule has 14 heavy (non-hydrogen) atoms. The van der Waals surface area contributed by atoms with Crippen LogP contribution in [0.1, 0.15) is 39.0 Å². The van der Waals surface area contributed by atoms with Crippen molar-refractivity contribution < 1.29 is 9.13 Å². The second kappa shape index (κ2) is 6.63. The first-order valence-corrected chi connectivity index (χ1v) is 5.34. The molecule has 0 spiro atoms. The Bertz CT molecular complexity index is 208. The van der Waals surface area contributed by atoms with Crippen LogP contribution < -0.4 is 0 Å². The van der Waals surface area contributed by atoms with Gasteiger partial charge in [0.2, 0.25) is 0 Å². The maximum absolute atomic E-state index is 12.8. The van der Waals surface area contributed by atoms with Gasteiger partial charge in [-0.05, 0) is 18.6 Å². The summed E-state index contributed by atoms with van der Waals surface area (Å²) < 4.78 is 18.2. The van der Waals surface area contributed by atoms with Gasteiger partial charge in [0.25, 0.3) is 0 Å². The first kappa shape index (κ1) is 11.3. The first-order chi connectivity index (χ1) is 6.83. The monoisotopic (exact) mass is 197 g/mol. The van der Waals surface area contributed by atoms with Crippen LogP contribution in [0.25, 0.3) is 0 Å². The van der Waals surface area contributed by atoms with E-state index in [4.69, 9.17) is 4.74 Å². The summed E-state index contributed by atoms with van der Waals surface area (Å²) in [6.45, 7) is 2.90. The van der Waals surface area contributed by atoms with Gasteiger partial charge in [0.15, 0.2) is 6.17 Å². The average Bonchev–Trinajstić information content (AvgIpc) is 2.18. The molecule has 0 saturated heterocycles. The summed E-state index contributed by atoms with van der Waals surface area (Å²) in [5.41, 5.74) is 0. The minimum Gasteiger partial charge on any atom is -0.498 e. The molecule has 0 aliphatic heterocycles. The van der Waals surface area contributed by atoms with E-state index in [1.807, 2.05) is 6.08 Å². The second-order valence-electron chi connectivity index (χ2n) is 3.52. The standard InChI is InChI=1S/C12H18FO/c1-2-3-4-5-9-14-12-8-6-7-11(13)10-12/h6-8H,2-5,9-10H2,1H3. The molecule has 0 amide bonds. The van der Waals surface area contributed by atoms with E-state index < -0.39 is 0 Å². The number of rotatable bonds is 6. The highest BCUT2D eigenvalue weighted by Crippen LogP contribution is 2.22. The maximum Gasteiger partial charge on any atom is 0.174 e. The third-order valence-electron chi connectivity index (χ3n) is 2.19. The quantitative estimate of drug-likeness (QED) is 0.586. The SMILES string of the molecule is CCCCCCOC1=CC=C[C](F)C1. The second-order valence-corrected chi connectivity index (χ2v) is 3.52. The van der Waals surface area contributed by atoms with Gasteiger partial charge in [-0.25, -0.2) is 4.39 Å². The molecule has 1 nitrogen and oxygen atoms in total. The molecule has 0 atom stereocenters. The van der Waals surface area contributed by atoms with Gasteiger partial charge < -0.3 is 4.74 Å². The zero-order valence-electron chi connectivity index (χ0n) is 8.76. The Hall–Kier alpha value is -0.790. The zero-order valence-corrected chi connectivity index (χ0v) is 8.76. The summed E-state index contributed by atoms with van der Waals surface area (Å²) in [4.78, 5) is 0. The van der Waals surface area contributed by atoms with Gasteiger partial charge in [-0.3, -0.25) is 0 Å². The highest BCUT2D eigenvalue weighted by atomic mass is 19.1. The summed E-state index contributed by atoms with van der Waals surface area (Å²) in [6.07, 6.45) is 9.96. The number of unbranched alkanes of at least 4 members (excludes halogenated alkanes) is 3. The largest absolute Gasteiger partial charge is 0.498 e. The molecule has 1 rings (SSSR count). The Morgan fingerprint density at radius 1 is 1.36 bits per heavy atom. The lowest BCUT2D eigenvalue weighted by Gasteiger charge is -2.12. The van der Waals surface area contributed by atoms with Crippen molar-refractivity contribution >= 4 is 0 Å². The minimum atomic E-state index is -0.115. The fourth-order valence-corrected chi connectivity index (χ4v) is 1.38. The van der Waals surface area contributed by atoms with Gasteiger partial charge in [0.1, 0.15) is 0 Å². The van der Waals surface area contributed by atoms with Crippen molar-refractivity contribution in [2.45, 2.75) is 39.0 Å². The molecular formula is C12H18FO. The highest BCUT2D eigenvalue weighted by molar-refractivity contribution is 5.23. The Morgan fingerprint density at radius 2 is 2.21 bits per heavy atom. The topological polar surface area (TPSA) is 9.23 Å². The summed E-state index contributed by atoms with van der Waals surface area (Å²) in [5.74, 6) is 0.751. The van der Waals surface area contributed by atoms with Crippen LogP contribution in [0.5, 0.6) is 0 Å². The molecule has 79 valence electrons. The predicted octanol–water partition coefficient (Wildman–Crippen LogP) is 3.93. The molecule has 0 aromatic rings. The van der Waals surface area contributed by atoms with Crippen molar-refractivity contribution in [2.75, 3.05) is 6.61 Å². The van der Waals surface area contributed by atoms with E-state index in [2.05, 4.69) is 6.92 Å². The van der Waals surface area contributed by atoms with Gasteiger partial charge in [-0.1, -0.05) is 32.3 Å². The van der Waals surface area contributed by atoms with Gasteiger partial charge in [0, 0.05) is 6.42 Å². The minimum absolute atomic E-state index is 0.115. The molecule has 0 aromatic carbocycles. The molecule has 1 radical (unpaired) electrons. The zero-order chi connectivity index (χ0) is 10.2. The van der Waals surface area contributed by atoms with E-state index in [0.29, 0.717) is 13.0 Å². The van der Waals surface area contributed by atoms with Crippen LogP contribution in [0.4, 0.5) is 4.39 Å². The lowest BCUT2D eigenvalue weighted by Crippen LogP contribution is -2.00. The van der Waals surface area contributed by atoms with Gasteiger partial charge in [-0.2, -0.15) is 0 Å². The van der Waals surface area contributed by atoms with Crippen molar-refractivity contribution in [3.05, 3.63) is 30.2 Å². The molecular weight excluding hydrogens is 179 g/mol. The fraction of sp³-hybridized carbons (Fsp3) is 0.583. The molecule has 1 aliphatic carbocycles. The van der Waals surface area contributed by atoms with Crippen molar-refractivity contribution in [3.8, 4) is 0 Å².